The molecule has 0 bridgehead atoms. The predicted molar refractivity (Wildman–Crippen MR) is 93.4 cm³/mol. The van der Waals surface area contributed by atoms with Crippen molar-refractivity contribution in [1.82, 2.24) is 14.3 Å². The van der Waals surface area contributed by atoms with Crippen LogP contribution in [0, 0.1) is 0 Å². The first-order chi connectivity index (χ1) is 10.7. The molecule has 0 atom stereocenters. The molecule has 0 spiro atoms. The fourth-order valence-electron chi connectivity index (χ4n) is 2.63. The van der Waals surface area contributed by atoms with Gasteiger partial charge >= 0.3 is 0 Å². The van der Waals surface area contributed by atoms with Crippen molar-refractivity contribution in [2.45, 2.75) is 52.6 Å². The van der Waals surface area contributed by atoms with Gasteiger partial charge in [0.1, 0.15) is 5.82 Å². The van der Waals surface area contributed by atoms with E-state index in [0.29, 0.717) is 31.9 Å². The minimum atomic E-state index is -3.18. The fraction of sp³-hybridized carbons (Fsp3) is 0.733. The summed E-state index contributed by atoms with van der Waals surface area (Å²) in [6, 6.07) is 0.480. The van der Waals surface area contributed by atoms with E-state index in [1.807, 2.05) is 13.8 Å². The van der Waals surface area contributed by atoms with Gasteiger partial charge in [0.15, 0.2) is 0 Å². The molecular weight excluding hydrogens is 314 g/mol. The summed E-state index contributed by atoms with van der Waals surface area (Å²) in [7, 11) is -3.18. The van der Waals surface area contributed by atoms with Crippen LogP contribution >= 0.6 is 0 Å². The van der Waals surface area contributed by atoms with E-state index in [4.69, 9.17) is 0 Å². The largest absolute Gasteiger partial charge is 0.367 e. The molecule has 0 aliphatic carbocycles. The van der Waals surface area contributed by atoms with E-state index in [0.717, 1.165) is 17.1 Å². The molecule has 0 fully saturated rings. The lowest BCUT2D eigenvalue weighted by Gasteiger charge is -2.18. The zero-order chi connectivity index (χ0) is 17.2. The van der Waals surface area contributed by atoms with Crippen molar-refractivity contribution in [3.63, 3.8) is 0 Å². The van der Waals surface area contributed by atoms with Gasteiger partial charge in [0.2, 0.25) is 16.0 Å². The molecule has 2 heterocycles. The Kier molecular flexibility index (Phi) is 5.46. The number of aromatic nitrogens is 2. The molecule has 7 nitrogen and oxygen atoms in total. The maximum Gasteiger partial charge on any atom is 0.225 e. The molecule has 130 valence electrons. The van der Waals surface area contributed by atoms with Crippen LogP contribution in [0.2, 0.25) is 0 Å². The maximum atomic E-state index is 11.8. The number of anilines is 2. The number of sulfonamides is 1. The average molecular weight is 341 g/mol. The van der Waals surface area contributed by atoms with Crippen molar-refractivity contribution >= 4 is 21.8 Å². The number of hydrogen-bond acceptors (Lipinski definition) is 6. The fourth-order valence-corrected chi connectivity index (χ4v) is 3.47. The average Bonchev–Trinajstić information content (AvgIpc) is 2.59. The molecule has 23 heavy (non-hydrogen) atoms. The predicted octanol–water partition coefficient (Wildman–Crippen LogP) is 1.48. The summed E-state index contributed by atoms with van der Waals surface area (Å²) in [6.07, 6.45) is 2.48. The summed E-state index contributed by atoms with van der Waals surface area (Å²) in [5, 5.41) is 6.61. The highest BCUT2D eigenvalue weighted by Crippen LogP contribution is 2.24. The van der Waals surface area contributed by atoms with Crippen molar-refractivity contribution in [2.24, 2.45) is 0 Å². The summed E-state index contributed by atoms with van der Waals surface area (Å²) < 4.78 is 25.2. The van der Waals surface area contributed by atoms with Crippen molar-refractivity contribution in [1.29, 1.82) is 0 Å². The van der Waals surface area contributed by atoms with Gasteiger partial charge in [-0.05, 0) is 34.1 Å². The van der Waals surface area contributed by atoms with Crippen LogP contribution in [0.25, 0.3) is 0 Å². The maximum absolute atomic E-state index is 11.8. The molecule has 0 radical (unpaired) electrons. The lowest BCUT2D eigenvalue weighted by atomic mass is 10.1. The topological polar surface area (TPSA) is 87.2 Å². The van der Waals surface area contributed by atoms with E-state index >= 15 is 0 Å². The van der Waals surface area contributed by atoms with E-state index in [2.05, 4.69) is 34.4 Å². The third-order valence-electron chi connectivity index (χ3n) is 3.61. The molecule has 2 rings (SSSR count). The number of hydrogen-bond donors (Lipinski definition) is 2. The Bertz CT molecular complexity index is 658. The van der Waals surface area contributed by atoms with Crippen molar-refractivity contribution in [3.05, 3.63) is 11.3 Å². The van der Waals surface area contributed by atoms with Gasteiger partial charge in [-0.2, -0.15) is 4.98 Å². The Labute approximate surface area is 138 Å². The number of fused-ring (bicyclic) bond motifs is 1. The summed E-state index contributed by atoms with van der Waals surface area (Å²) in [4.78, 5) is 9.21. The second kappa shape index (κ2) is 7.00. The first-order valence-corrected chi connectivity index (χ1v) is 9.89. The van der Waals surface area contributed by atoms with Crippen LogP contribution < -0.4 is 10.6 Å². The van der Waals surface area contributed by atoms with E-state index in [1.165, 1.54) is 10.6 Å². The highest BCUT2D eigenvalue weighted by atomic mass is 32.2. The molecule has 1 aliphatic heterocycles. The zero-order valence-electron chi connectivity index (χ0n) is 14.5. The van der Waals surface area contributed by atoms with Gasteiger partial charge in [0, 0.05) is 37.2 Å². The molecule has 1 aromatic heterocycles. The third-order valence-corrected chi connectivity index (χ3v) is 4.92. The SMILES string of the molecule is CC(C)Nc1nc2c(c(NC(C)C)n1)CCN(S(C)(=O)=O)CC2. The minimum absolute atomic E-state index is 0.234. The molecule has 0 saturated heterocycles. The Hall–Kier alpha value is -1.41. The van der Waals surface area contributed by atoms with Crippen LogP contribution in [0.1, 0.15) is 39.0 Å². The van der Waals surface area contributed by atoms with Gasteiger partial charge in [-0.15, -0.1) is 0 Å². The van der Waals surface area contributed by atoms with E-state index in [9.17, 15) is 8.42 Å². The van der Waals surface area contributed by atoms with Gasteiger partial charge in [0.25, 0.3) is 0 Å². The highest BCUT2D eigenvalue weighted by Gasteiger charge is 2.24. The molecule has 0 aromatic carbocycles. The second-order valence-corrected chi connectivity index (χ2v) is 8.56. The van der Waals surface area contributed by atoms with Crippen LogP contribution in [0.3, 0.4) is 0 Å². The van der Waals surface area contributed by atoms with Crippen LogP contribution in [-0.4, -0.2) is 54.1 Å². The van der Waals surface area contributed by atoms with Crippen LogP contribution in [0.4, 0.5) is 11.8 Å². The quantitative estimate of drug-likeness (QED) is 0.843. The van der Waals surface area contributed by atoms with Gasteiger partial charge in [-0.1, -0.05) is 0 Å². The Morgan fingerprint density at radius 3 is 2.17 bits per heavy atom. The number of nitrogens with zero attached hydrogens (tertiary/aromatic N) is 3. The van der Waals surface area contributed by atoms with Crippen molar-refractivity contribution < 1.29 is 8.42 Å². The Morgan fingerprint density at radius 1 is 1.00 bits per heavy atom. The van der Waals surface area contributed by atoms with E-state index in [-0.39, 0.29) is 12.1 Å². The first-order valence-electron chi connectivity index (χ1n) is 8.04. The minimum Gasteiger partial charge on any atom is -0.367 e. The molecule has 0 unspecified atom stereocenters. The van der Waals surface area contributed by atoms with Crippen LogP contribution in [0.15, 0.2) is 0 Å². The second-order valence-electron chi connectivity index (χ2n) is 6.58. The molecule has 0 saturated carbocycles. The van der Waals surface area contributed by atoms with Crippen LogP contribution in [-0.2, 0) is 22.9 Å². The molecule has 1 aromatic rings. The van der Waals surface area contributed by atoms with Gasteiger partial charge < -0.3 is 10.6 Å². The third kappa shape index (κ3) is 4.78. The van der Waals surface area contributed by atoms with Crippen LogP contribution in [0.5, 0.6) is 0 Å². The normalized spacial score (nSPS) is 16.3. The molecule has 2 N–H and O–H groups in total. The van der Waals surface area contributed by atoms with Gasteiger partial charge in [-0.3, -0.25) is 0 Å². The van der Waals surface area contributed by atoms with E-state index < -0.39 is 10.0 Å². The van der Waals surface area contributed by atoms with Gasteiger partial charge in [-0.25, -0.2) is 17.7 Å². The summed E-state index contributed by atoms with van der Waals surface area (Å²) in [5.74, 6) is 1.40. The lowest BCUT2D eigenvalue weighted by Crippen LogP contribution is -2.32. The Morgan fingerprint density at radius 2 is 1.61 bits per heavy atom. The van der Waals surface area contributed by atoms with Gasteiger partial charge in [0.05, 0.1) is 11.9 Å². The van der Waals surface area contributed by atoms with Crippen molar-refractivity contribution in [3.8, 4) is 0 Å². The summed E-state index contributed by atoms with van der Waals surface area (Å²) in [6.45, 7) is 9.13. The number of rotatable bonds is 5. The summed E-state index contributed by atoms with van der Waals surface area (Å²) in [5.41, 5.74) is 1.96. The van der Waals surface area contributed by atoms with Crippen molar-refractivity contribution in [2.75, 3.05) is 30.0 Å². The molecule has 0 amide bonds. The Balaban J connectivity index is 2.38. The molecule has 8 heteroatoms. The number of nitrogens with one attached hydrogen (secondary N) is 2. The monoisotopic (exact) mass is 341 g/mol. The first kappa shape index (κ1) is 17.9. The molecule has 1 aliphatic rings. The zero-order valence-corrected chi connectivity index (χ0v) is 15.4. The molecular formula is C15H27N5O2S. The smallest absolute Gasteiger partial charge is 0.225 e. The lowest BCUT2D eigenvalue weighted by molar-refractivity contribution is 0.430. The standard InChI is InChI=1S/C15H27N5O2S/c1-10(2)16-14-12-6-8-20(23(5,21)22)9-7-13(12)18-15(19-14)17-11(3)4/h10-11H,6-9H2,1-5H3,(H2,16,17,18,19). The summed E-state index contributed by atoms with van der Waals surface area (Å²) >= 11 is 0. The highest BCUT2D eigenvalue weighted by molar-refractivity contribution is 7.88. The van der Waals surface area contributed by atoms with E-state index in [1.54, 1.807) is 0 Å².